The Morgan fingerprint density at radius 1 is 1.12 bits per heavy atom. The fraction of sp³-hybridized carbons (Fsp3) is 0.609. The van der Waals surface area contributed by atoms with E-state index in [9.17, 15) is 5.26 Å². The molecule has 0 atom stereocenters. The van der Waals surface area contributed by atoms with Crippen molar-refractivity contribution < 1.29 is 0 Å². The van der Waals surface area contributed by atoms with Gasteiger partial charge < -0.3 is 4.90 Å². The molecule has 0 radical (unpaired) electrons. The van der Waals surface area contributed by atoms with E-state index in [4.69, 9.17) is 0 Å². The van der Waals surface area contributed by atoms with E-state index in [2.05, 4.69) is 62.1 Å². The lowest BCUT2D eigenvalue weighted by Crippen LogP contribution is -2.44. The van der Waals surface area contributed by atoms with Crippen molar-refractivity contribution in [2.24, 2.45) is 5.41 Å². The van der Waals surface area contributed by atoms with Gasteiger partial charge in [0.2, 0.25) is 0 Å². The summed E-state index contributed by atoms with van der Waals surface area (Å²) in [7, 11) is 0. The predicted octanol–water partition coefficient (Wildman–Crippen LogP) is 5.79. The van der Waals surface area contributed by atoms with E-state index in [1.165, 1.54) is 50.0 Å². The van der Waals surface area contributed by atoms with Crippen molar-refractivity contribution in [1.29, 1.82) is 5.26 Å². The summed E-state index contributed by atoms with van der Waals surface area (Å²) in [4.78, 5) is 2.63. The van der Waals surface area contributed by atoms with Gasteiger partial charge in [-0.1, -0.05) is 65.0 Å². The molecule has 0 saturated carbocycles. The summed E-state index contributed by atoms with van der Waals surface area (Å²) < 4.78 is 0. The molecule has 0 N–H and O–H groups in total. The van der Waals surface area contributed by atoms with Crippen molar-refractivity contribution in [2.45, 2.75) is 65.7 Å². The Balaban J connectivity index is 0.00000109. The van der Waals surface area contributed by atoms with Crippen LogP contribution in [0.5, 0.6) is 0 Å². The van der Waals surface area contributed by atoms with Crippen molar-refractivity contribution in [3.63, 3.8) is 0 Å². The Labute approximate surface area is 154 Å². The van der Waals surface area contributed by atoms with Crippen molar-refractivity contribution in [1.82, 2.24) is 4.90 Å². The number of nitriles is 1. The van der Waals surface area contributed by atoms with E-state index in [0.717, 1.165) is 12.0 Å². The highest BCUT2D eigenvalue weighted by atomic mass is 15.1. The summed E-state index contributed by atoms with van der Waals surface area (Å²) in [5.41, 5.74) is 4.12. The molecule has 0 aromatic heterocycles. The lowest BCUT2D eigenvalue weighted by atomic mass is 9.65. The number of hydrogen-bond acceptors (Lipinski definition) is 2. The van der Waals surface area contributed by atoms with Crippen molar-refractivity contribution in [3.8, 4) is 6.07 Å². The minimum Gasteiger partial charge on any atom is -0.303 e. The van der Waals surface area contributed by atoms with Gasteiger partial charge in [0.05, 0.1) is 11.6 Å². The second kappa shape index (κ2) is 8.19. The van der Waals surface area contributed by atoms with Gasteiger partial charge >= 0.3 is 0 Å². The van der Waals surface area contributed by atoms with Crippen LogP contribution in [0.3, 0.4) is 0 Å². The van der Waals surface area contributed by atoms with Gasteiger partial charge in [-0.2, -0.15) is 5.26 Å². The van der Waals surface area contributed by atoms with E-state index in [0.29, 0.717) is 5.41 Å². The number of fused-ring (bicyclic) bond motifs is 2. The second-order valence-electron chi connectivity index (χ2n) is 8.41. The number of hydrogen-bond donors (Lipinski definition) is 0. The predicted molar refractivity (Wildman–Crippen MR) is 107 cm³/mol. The van der Waals surface area contributed by atoms with Crippen LogP contribution in [-0.2, 0) is 5.41 Å². The van der Waals surface area contributed by atoms with E-state index < -0.39 is 0 Å². The molecule has 0 unspecified atom stereocenters. The van der Waals surface area contributed by atoms with Crippen LogP contribution in [0.4, 0.5) is 0 Å². The Kier molecular flexibility index (Phi) is 6.47. The van der Waals surface area contributed by atoms with Crippen molar-refractivity contribution in [2.75, 3.05) is 19.6 Å². The van der Waals surface area contributed by atoms with E-state index in [1.54, 1.807) is 0 Å². The van der Waals surface area contributed by atoms with Crippen LogP contribution in [0.1, 0.15) is 71.4 Å². The van der Waals surface area contributed by atoms with Crippen LogP contribution >= 0.6 is 0 Å². The molecule has 1 saturated heterocycles. The van der Waals surface area contributed by atoms with Crippen LogP contribution < -0.4 is 0 Å². The molecule has 3 rings (SSSR count). The average molecular weight is 339 g/mol. The maximum absolute atomic E-state index is 9.39. The molecule has 1 aromatic carbocycles. The van der Waals surface area contributed by atoms with Gasteiger partial charge in [0, 0.05) is 5.41 Å². The Hall–Kier alpha value is -1.59. The number of nitrogens with zero attached hydrogens (tertiary/aromatic N) is 2. The summed E-state index contributed by atoms with van der Waals surface area (Å²) in [6.07, 6.45) is 6.88. The van der Waals surface area contributed by atoms with Crippen LogP contribution in [0.15, 0.2) is 30.3 Å². The summed E-state index contributed by atoms with van der Waals surface area (Å²) in [5.74, 6) is 0. The molecular weight excluding hydrogens is 304 g/mol. The molecule has 1 fully saturated rings. The van der Waals surface area contributed by atoms with E-state index >= 15 is 0 Å². The molecule has 2 nitrogen and oxygen atoms in total. The van der Waals surface area contributed by atoms with Gasteiger partial charge in [-0.25, -0.2) is 0 Å². The first kappa shape index (κ1) is 19.7. The van der Waals surface area contributed by atoms with Crippen molar-refractivity contribution in [3.05, 3.63) is 41.5 Å². The molecule has 1 spiro atoms. The molecule has 0 bridgehead atoms. The topological polar surface area (TPSA) is 27.0 Å². The summed E-state index contributed by atoms with van der Waals surface area (Å²) in [6, 6.07) is 10.9. The van der Waals surface area contributed by atoms with Gasteiger partial charge in [0.15, 0.2) is 0 Å². The molecule has 2 aliphatic rings. The highest BCUT2D eigenvalue weighted by Gasteiger charge is 2.39. The van der Waals surface area contributed by atoms with Crippen LogP contribution in [0.2, 0.25) is 0 Å². The van der Waals surface area contributed by atoms with Crippen molar-refractivity contribution >= 4 is 5.57 Å². The summed E-state index contributed by atoms with van der Waals surface area (Å²) >= 11 is 0. The Morgan fingerprint density at radius 3 is 2.36 bits per heavy atom. The summed E-state index contributed by atoms with van der Waals surface area (Å²) in [6.45, 7) is 14.5. The molecular formula is C23H34N2. The zero-order valence-electron chi connectivity index (χ0n) is 16.7. The third-order valence-electron chi connectivity index (χ3n) is 5.60. The highest BCUT2D eigenvalue weighted by Crippen LogP contribution is 2.45. The number of piperidine rings is 1. The number of rotatable bonds is 2. The maximum Gasteiger partial charge on any atom is 0.0994 e. The first-order valence-corrected chi connectivity index (χ1v) is 9.86. The van der Waals surface area contributed by atoms with Crippen LogP contribution in [0.25, 0.3) is 5.57 Å². The fourth-order valence-electron chi connectivity index (χ4n) is 3.98. The fourth-order valence-corrected chi connectivity index (χ4v) is 3.98. The molecule has 2 heteroatoms. The second-order valence-corrected chi connectivity index (χ2v) is 8.41. The first-order valence-electron chi connectivity index (χ1n) is 9.86. The summed E-state index contributed by atoms with van der Waals surface area (Å²) in [5, 5.41) is 9.39. The third-order valence-corrected chi connectivity index (χ3v) is 5.60. The van der Waals surface area contributed by atoms with Gasteiger partial charge in [0.25, 0.3) is 0 Å². The molecule has 136 valence electrons. The van der Waals surface area contributed by atoms with Crippen LogP contribution in [-0.4, -0.2) is 24.5 Å². The Bertz CT molecular complexity index is 635. The number of likely N-dealkylation sites (tertiary alicyclic amines) is 1. The standard InChI is InChI=1S/C21H28N2.C2H6/c1-20(2,3)10-13-23-14-11-21(12-15-23)9-8-17(16-22)18-6-4-5-7-19(18)21;1-2/h4-8H,9-15H2,1-3H3;1-2H3. The minimum absolute atomic E-state index is 0.259. The quantitative estimate of drug-likeness (QED) is 0.682. The zero-order valence-corrected chi connectivity index (χ0v) is 16.7. The van der Waals surface area contributed by atoms with Crippen LogP contribution in [0, 0.1) is 16.7 Å². The minimum atomic E-state index is 0.259. The van der Waals surface area contributed by atoms with Gasteiger partial charge in [0.1, 0.15) is 0 Å². The monoisotopic (exact) mass is 338 g/mol. The number of allylic oxidation sites excluding steroid dienone is 2. The average Bonchev–Trinajstić information content (AvgIpc) is 2.63. The molecule has 25 heavy (non-hydrogen) atoms. The van der Waals surface area contributed by atoms with Gasteiger partial charge in [-0.3, -0.25) is 0 Å². The molecule has 1 aliphatic carbocycles. The largest absolute Gasteiger partial charge is 0.303 e. The normalized spacial score (nSPS) is 19.3. The highest BCUT2D eigenvalue weighted by molar-refractivity contribution is 5.81. The molecule has 0 amide bonds. The van der Waals surface area contributed by atoms with E-state index in [1.807, 2.05) is 13.8 Å². The lowest BCUT2D eigenvalue weighted by molar-refractivity contribution is 0.142. The third kappa shape index (κ3) is 4.53. The molecule has 1 heterocycles. The smallest absolute Gasteiger partial charge is 0.0994 e. The Morgan fingerprint density at radius 2 is 1.76 bits per heavy atom. The lowest BCUT2D eigenvalue weighted by Gasteiger charge is -2.44. The van der Waals surface area contributed by atoms with Gasteiger partial charge in [-0.15, -0.1) is 0 Å². The van der Waals surface area contributed by atoms with E-state index in [-0.39, 0.29) is 5.41 Å². The molecule has 1 aliphatic heterocycles. The molecule has 1 aromatic rings. The zero-order chi connectivity index (χ0) is 18.5. The SMILES string of the molecule is CC.CC(C)(C)CCN1CCC2(CC=C(C#N)c3ccccc32)CC1. The first-order chi connectivity index (χ1) is 11.9. The number of benzene rings is 1. The maximum atomic E-state index is 9.39. The van der Waals surface area contributed by atoms with Gasteiger partial charge in [-0.05, 0) is 61.9 Å².